The number of benzene rings is 1. The SMILES string of the molecule is CC(CSc1ccc2c(c1)OCCO2)C(=O)NN. The van der Waals surface area contributed by atoms with Crippen molar-refractivity contribution in [1.82, 2.24) is 5.43 Å². The van der Waals surface area contributed by atoms with Crippen LogP contribution in [-0.2, 0) is 4.79 Å². The third-order valence-corrected chi connectivity index (χ3v) is 3.86. The number of carbonyl (C=O) groups excluding carboxylic acids is 1. The van der Waals surface area contributed by atoms with Gasteiger partial charge in [-0.05, 0) is 18.2 Å². The van der Waals surface area contributed by atoms with Crippen LogP contribution in [0.5, 0.6) is 11.5 Å². The van der Waals surface area contributed by atoms with Crippen molar-refractivity contribution in [2.45, 2.75) is 11.8 Å². The topological polar surface area (TPSA) is 73.6 Å². The van der Waals surface area contributed by atoms with Crippen LogP contribution >= 0.6 is 11.8 Å². The maximum atomic E-state index is 11.3. The van der Waals surface area contributed by atoms with Crippen LogP contribution in [0.15, 0.2) is 23.1 Å². The average molecular weight is 268 g/mol. The zero-order chi connectivity index (χ0) is 13.0. The van der Waals surface area contributed by atoms with E-state index in [0.717, 1.165) is 16.4 Å². The Labute approximate surface area is 110 Å². The summed E-state index contributed by atoms with van der Waals surface area (Å²) >= 11 is 1.59. The Morgan fingerprint density at radius 1 is 1.44 bits per heavy atom. The lowest BCUT2D eigenvalue weighted by molar-refractivity contribution is -0.123. The zero-order valence-corrected chi connectivity index (χ0v) is 11.0. The van der Waals surface area contributed by atoms with Gasteiger partial charge in [0.2, 0.25) is 5.91 Å². The van der Waals surface area contributed by atoms with Crippen molar-refractivity contribution in [3.05, 3.63) is 18.2 Å². The van der Waals surface area contributed by atoms with E-state index in [9.17, 15) is 4.79 Å². The Morgan fingerprint density at radius 3 is 2.89 bits per heavy atom. The molecule has 2 rings (SSSR count). The lowest BCUT2D eigenvalue weighted by Crippen LogP contribution is -2.35. The molecule has 0 radical (unpaired) electrons. The lowest BCUT2D eigenvalue weighted by atomic mass is 10.2. The highest BCUT2D eigenvalue weighted by Gasteiger charge is 2.14. The number of hydrazine groups is 1. The van der Waals surface area contributed by atoms with Gasteiger partial charge in [-0.2, -0.15) is 0 Å². The molecule has 1 heterocycles. The fraction of sp³-hybridized carbons (Fsp3) is 0.417. The molecule has 0 bridgehead atoms. The number of hydrogen-bond donors (Lipinski definition) is 2. The van der Waals surface area contributed by atoms with Crippen LogP contribution in [0, 0.1) is 5.92 Å². The van der Waals surface area contributed by atoms with E-state index in [2.05, 4.69) is 5.43 Å². The normalized spacial score (nSPS) is 15.0. The average Bonchev–Trinajstić information content (AvgIpc) is 2.43. The second-order valence-electron chi connectivity index (χ2n) is 4.03. The molecule has 5 nitrogen and oxygen atoms in total. The summed E-state index contributed by atoms with van der Waals surface area (Å²) in [6.45, 7) is 3.01. The van der Waals surface area contributed by atoms with Crippen LogP contribution in [0.2, 0.25) is 0 Å². The second kappa shape index (κ2) is 5.97. The first-order valence-corrected chi connectivity index (χ1v) is 6.72. The first kappa shape index (κ1) is 13.0. The van der Waals surface area contributed by atoms with E-state index in [1.54, 1.807) is 11.8 Å². The first-order valence-electron chi connectivity index (χ1n) is 5.73. The van der Waals surface area contributed by atoms with Crippen molar-refractivity contribution in [3.8, 4) is 11.5 Å². The maximum absolute atomic E-state index is 11.3. The Bertz CT molecular complexity index is 439. The largest absolute Gasteiger partial charge is 0.486 e. The molecule has 1 aromatic carbocycles. The number of hydrogen-bond acceptors (Lipinski definition) is 5. The molecule has 1 aromatic rings. The molecule has 98 valence electrons. The van der Waals surface area contributed by atoms with Crippen LogP contribution in [0.25, 0.3) is 0 Å². The van der Waals surface area contributed by atoms with E-state index < -0.39 is 0 Å². The van der Waals surface area contributed by atoms with Gasteiger partial charge in [0.25, 0.3) is 0 Å². The van der Waals surface area contributed by atoms with Crippen LogP contribution in [0.4, 0.5) is 0 Å². The number of thioether (sulfide) groups is 1. The van der Waals surface area contributed by atoms with Gasteiger partial charge in [0, 0.05) is 16.6 Å². The van der Waals surface area contributed by atoms with E-state index in [1.807, 2.05) is 25.1 Å². The Balaban J connectivity index is 1.96. The zero-order valence-electron chi connectivity index (χ0n) is 10.1. The predicted molar refractivity (Wildman–Crippen MR) is 69.7 cm³/mol. The highest BCUT2D eigenvalue weighted by molar-refractivity contribution is 7.99. The van der Waals surface area contributed by atoms with E-state index in [-0.39, 0.29) is 11.8 Å². The van der Waals surface area contributed by atoms with Gasteiger partial charge >= 0.3 is 0 Å². The minimum atomic E-state index is -0.153. The Kier molecular flexibility index (Phi) is 4.33. The van der Waals surface area contributed by atoms with Gasteiger partial charge in [0.1, 0.15) is 13.2 Å². The summed E-state index contributed by atoms with van der Waals surface area (Å²) in [5.41, 5.74) is 2.15. The molecule has 0 spiro atoms. The van der Waals surface area contributed by atoms with Crippen molar-refractivity contribution < 1.29 is 14.3 Å². The number of nitrogens with one attached hydrogen (secondary N) is 1. The molecular weight excluding hydrogens is 252 g/mol. The highest BCUT2D eigenvalue weighted by atomic mass is 32.2. The highest BCUT2D eigenvalue weighted by Crippen LogP contribution is 2.34. The molecule has 0 saturated carbocycles. The molecule has 0 saturated heterocycles. The molecule has 3 N–H and O–H groups in total. The van der Waals surface area contributed by atoms with Crippen LogP contribution in [-0.4, -0.2) is 24.9 Å². The summed E-state index contributed by atoms with van der Waals surface area (Å²) in [5, 5.41) is 0. The second-order valence-corrected chi connectivity index (χ2v) is 5.12. The molecule has 1 aliphatic rings. The molecule has 18 heavy (non-hydrogen) atoms. The van der Waals surface area contributed by atoms with E-state index in [4.69, 9.17) is 15.3 Å². The Morgan fingerprint density at radius 2 is 2.17 bits per heavy atom. The van der Waals surface area contributed by atoms with Gasteiger partial charge in [0.15, 0.2) is 11.5 Å². The number of amides is 1. The van der Waals surface area contributed by atoms with Crippen molar-refractivity contribution in [2.24, 2.45) is 11.8 Å². The summed E-state index contributed by atoms with van der Waals surface area (Å²) in [6, 6.07) is 5.79. The van der Waals surface area contributed by atoms with Gasteiger partial charge < -0.3 is 9.47 Å². The monoisotopic (exact) mass is 268 g/mol. The summed E-state index contributed by atoms with van der Waals surface area (Å²) in [6.07, 6.45) is 0. The third-order valence-electron chi connectivity index (χ3n) is 2.60. The van der Waals surface area contributed by atoms with Crippen molar-refractivity contribution in [3.63, 3.8) is 0 Å². The van der Waals surface area contributed by atoms with Crippen LogP contribution < -0.4 is 20.7 Å². The standard InChI is InChI=1S/C12H16N2O3S/c1-8(12(15)14-13)7-18-9-2-3-10-11(6-9)17-5-4-16-10/h2-3,6,8H,4-5,7,13H2,1H3,(H,14,15). The number of ether oxygens (including phenoxy) is 2. The minimum Gasteiger partial charge on any atom is -0.486 e. The molecule has 1 unspecified atom stereocenters. The van der Waals surface area contributed by atoms with Crippen LogP contribution in [0.1, 0.15) is 6.92 Å². The molecule has 6 heteroatoms. The molecule has 0 fully saturated rings. The van der Waals surface area contributed by atoms with Crippen LogP contribution in [0.3, 0.4) is 0 Å². The lowest BCUT2D eigenvalue weighted by Gasteiger charge is -2.19. The molecule has 1 atom stereocenters. The van der Waals surface area contributed by atoms with Gasteiger partial charge in [-0.1, -0.05) is 6.92 Å². The van der Waals surface area contributed by atoms with Gasteiger partial charge in [0.05, 0.1) is 0 Å². The van der Waals surface area contributed by atoms with E-state index in [1.165, 1.54) is 0 Å². The van der Waals surface area contributed by atoms with Crippen molar-refractivity contribution in [2.75, 3.05) is 19.0 Å². The molecular formula is C12H16N2O3S. The quantitative estimate of drug-likeness (QED) is 0.371. The molecule has 0 aliphatic carbocycles. The summed E-state index contributed by atoms with van der Waals surface area (Å²) in [4.78, 5) is 12.3. The molecule has 1 aliphatic heterocycles. The van der Waals surface area contributed by atoms with Gasteiger partial charge in [-0.25, -0.2) is 5.84 Å². The fourth-order valence-electron chi connectivity index (χ4n) is 1.55. The van der Waals surface area contributed by atoms with Gasteiger partial charge in [-0.15, -0.1) is 11.8 Å². The van der Waals surface area contributed by atoms with Gasteiger partial charge in [-0.3, -0.25) is 10.2 Å². The van der Waals surface area contributed by atoms with E-state index >= 15 is 0 Å². The number of nitrogens with two attached hydrogens (primary N) is 1. The molecule has 1 amide bonds. The summed E-state index contributed by atoms with van der Waals surface area (Å²) in [5.74, 6) is 7.02. The first-order chi connectivity index (χ1) is 8.70. The number of carbonyl (C=O) groups is 1. The number of fused-ring (bicyclic) bond motifs is 1. The fourth-order valence-corrected chi connectivity index (χ4v) is 2.50. The predicted octanol–water partition coefficient (Wildman–Crippen LogP) is 1.18. The smallest absolute Gasteiger partial charge is 0.237 e. The molecule has 0 aromatic heterocycles. The third kappa shape index (κ3) is 3.08. The summed E-state index contributed by atoms with van der Waals surface area (Å²) in [7, 11) is 0. The summed E-state index contributed by atoms with van der Waals surface area (Å²) < 4.78 is 10.9. The van der Waals surface area contributed by atoms with Crippen molar-refractivity contribution >= 4 is 17.7 Å². The van der Waals surface area contributed by atoms with Crippen molar-refractivity contribution in [1.29, 1.82) is 0 Å². The van der Waals surface area contributed by atoms with E-state index in [0.29, 0.717) is 19.0 Å². The maximum Gasteiger partial charge on any atom is 0.237 e. The Hall–Kier alpha value is -1.40. The minimum absolute atomic E-state index is 0.131. The number of rotatable bonds is 4.